The van der Waals surface area contributed by atoms with Crippen LogP contribution in [0.4, 0.5) is 13.2 Å². The summed E-state index contributed by atoms with van der Waals surface area (Å²) in [5.41, 5.74) is 0.571. The molecule has 0 fully saturated rings. The first-order chi connectivity index (χ1) is 7.66. The van der Waals surface area contributed by atoms with Gasteiger partial charge in [-0.1, -0.05) is 18.2 Å². The summed E-state index contributed by atoms with van der Waals surface area (Å²) in [5, 5.41) is 0.835. The zero-order valence-corrected chi connectivity index (χ0v) is 8.11. The monoisotopic (exact) mass is 227 g/mol. The predicted molar refractivity (Wildman–Crippen MR) is 53.3 cm³/mol. The van der Waals surface area contributed by atoms with E-state index < -0.39 is 12.8 Å². The fourth-order valence-electron chi connectivity index (χ4n) is 1.28. The van der Waals surface area contributed by atoms with Gasteiger partial charge in [0, 0.05) is 11.5 Å². The Balaban J connectivity index is 2.26. The molecule has 0 saturated carbocycles. The molecular weight excluding hydrogens is 219 g/mol. The van der Waals surface area contributed by atoms with Gasteiger partial charge in [0.15, 0.2) is 0 Å². The van der Waals surface area contributed by atoms with Gasteiger partial charge in [-0.25, -0.2) is 13.8 Å². The summed E-state index contributed by atoms with van der Waals surface area (Å²) in [7, 11) is 0. The van der Waals surface area contributed by atoms with Crippen LogP contribution in [0.1, 0.15) is 0 Å². The van der Waals surface area contributed by atoms with Crippen molar-refractivity contribution in [2.45, 2.75) is 12.8 Å². The van der Waals surface area contributed by atoms with Crippen molar-refractivity contribution in [1.29, 1.82) is 0 Å². The Labute approximate surface area is 89.7 Å². The summed E-state index contributed by atoms with van der Waals surface area (Å²) in [6.07, 6.45) is -5.82. The summed E-state index contributed by atoms with van der Waals surface area (Å²) in [6.45, 7) is 0. The van der Waals surface area contributed by atoms with Crippen molar-refractivity contribution in [3.63, 3.8) is 0 Å². The van der Waals surface area contributed by atoms with Crippen molar-refractivity contribution in [2.75, 3.05) is 0 Å². The third-order valence-corrected chi connectivity index (χ3v) is 2.00. The summed E-state index contributed by atoms with van der Waals surface area (Å²) >= 11 is 0. The standard InChI is InChI=1S/C11H8F3NO/c12-10(13)11(14)16-9-6-5-7-3-1-2-4-8(7)15-9/h1-6,10-11H. The minimum Gasteiger partial charge on any atom is -0.437 e. The van der Waals surface area contributed by atoms with Gasteiger partial charge in [-0.05, 0) is 12.1 Å². The lowest BCUT2D eigenvalue weighted by Gasteiger charge is -2.09. The van der Waals surface area contributed by atoms with Crippen LogP contribution < -0.4 is 4.74 Å². The van der Waals surface area contributed by atoms with Gasteiger partial charge in [0.2, 0.25) is 5.88 Å². The fraction of sp³-hybridized carbons (Fsp3) is 0.182. The lowest BCUT2D eigenvalue weighted by atomic mass is 10.2. The molecule has 0 saturated heterocycles. The number of nitrogens with zero attached hydrogens (tertiary/aromatic N) is 1. The number of benzene rings is 1. The Morgan fingerprint density at radius 3 is 2.50 bits per heavy atom. The molecule has 0 radical (unpaired) electrons. The molecule has 1 unspecified atom stereocenters. The molecule has 1 aromatic carbocycles. The zero-order chi connectivity index (χ0) is 11.5. The van der Waals surface area contributed by atoms with E-state index in [1.165, 1.54) is 6.07 Å². The fourth-order valence-corrected chi connectivity index (χ4v) is 1.28. The molecule has 1 atom stereocenters. The lowest BCUT2D eigenvalue weighted by molar-refractivity contribution is -0.0688. The quantitative estimate of drug-likeness (QED) is 0.803. The number of fused-ring (bicyclic) bond motifs is 1. The highest BCUT2D eigenvalue weighted by Gasteiger charge is 2.21. The highest BCUT2D eigenvalue weighted by Crippen LogP contribution is 2.18. The molecule has 0 N–H and O–H groups in total. The Morgan fingerprint density at radius 1 is 1.00 bits per heavy atom. The largest absolute Gasteiger partial charge is 0.437 e. The minimum absolute atomic E-state index is 0.147. The van der Waals surface area contributed by atoms with Crippen molar-refractivity contribution < 1.29 is 17.9 Å². The molecule has 0 spiro atoms. The Kier molecular flexibility index (Phi) is 2.94. The number of hydrogen-bond acceptors (Lipinski definition) is 2. The molecule has 16 heavy (non-hydrogen) atoms. The molecule has 0 bridgehead atoms. The molecule has 2 nitrogen and oxygen atoms in total. The van der Waals surface area contributed by atoms with Crippen LogP contribution in [-0.2, 0) is 0 Å². The van der Waals surface area contributed by atoms with E-state index >= 15 is 0 Å². The van der Waals surface area contributed by atoms with Crippen LogP contribution in [0.3, 0.4) is 0 Å². The Bertz CT molecular complexity index is 489. The van der Waals surface area contributed by atoms with E-state index in [4.69, 9.17) is 0 Å². The SMILES string of the molecule is FC(F)C(F)Oc1ccc2ccccc2n1. The molecule has 1 aromatic heterocycles. The van der Waals surface area contributed by atoms with E-state index in [9.17, 15) is 13.2 Å². The summed E-state index contributed by atoms with van der Waals surface area (Å²) in [5.74, 6) is -0.147. The first-order valence-corrected chi connectivity index (χ1v) is 4.61. The van der Waals surface area contributed by atoms with Crippen LogP contribution in [0, 0.1) is 0 Å². The molecule has 0 aliphatic rings. The van der Waals surface area contributed by atoms with Crippen LogP contribution in [-0.4, -0.2) is 17.8 Å². The number of aromatic nitrogens is 1. The normalized spacial score (nSPS) is 13.0. The van der Waals surface area contributed by atoms with E-state index in [-0.39, 0.29) is 5.88 Å². The maximum atomic E-state index is 12.6. The number of pyridine rings is 1. The molecule has 2 aromatic rings. The van der Waals surface area contributed by atoms with Gasteiger partial charge in [-0.3, -0.25) is 0 Å². The van der Waals surface area contributed by atoms with Gasteiger partial charge in [-0.15, -0.1) is 0 Å². The van der Waals surface area contributed by atoms with Crippen LogP contribution in [0.25, 0.3) is 10.9 Å². The Hall–Kier alpha value is -1.78. The molecule has 0 aliphatic carbocycles. The number of rotatable bonds is 3. The van der Waals surface area contributed by atoms with Crippen molar-refractivity contribution in [1.82, 2.24) is 4.98 Å². The van der Waals surface area contributed by atoms with E-state index in [0.29, 0.717) is 5.52 Å². The maximum absolute atomic E-state index is 12.6. The number of ether oxygens (including phenoxy) is 1. The van der Waals surface area contributed by atoms with Crippen LogP contribution >= 0.6 is 0 Å². The van der Waals surface area contributed by atoms with Crippen molar-refractivity contribution in [3.8, 4) is 5.88 Å². The Morgan fingerprint density at radius 2 is 1.75 bits per heavy atom. The van der Waals surface area contributed by atoms with Crippen molar-refractivity contribution in [3.05, 3.63) is 36.4 Å². The van der Waals surface area contributed by atoms with Crippen LogP contribution in [0.2, 0.25) is 0 Å². The second kappa shape index (κ2) is 4.38. The van der Waals surface area contributed by atoms with E-state index in [0.717, 1.165) is 5.39 Å². The minimum atomic E-state index is -3.17. The number of halogens is 3. The average molecular weight is 227 g/mol. The predicted octanol–water partition coefficient (Wildman–Crippen LogP) is 3.17. The molecule has 5 heteroatoms. The summed E-state index contributed by atoms with van der Waals surface area (Å²) in [6, 6.07) is 10.1. The second-order valence-corrected chi connectivity index (χ2v) is 3.15. The first kappa shape index (κ1) is 10.7. The second-order valence-electron chi connectivity index (χ2n) is 3.15. The van der Waals surface area contributed by atoms with E-state index in [1.54, 1.807) is 18.2 Å². The molecule has 2 rings (SSSR count). The van der Waals surface area contributed by atoms with E-state index in [1.807, 2.05) is 12.1 Å². The smallest absolute Gasteiger partial charge is 0.304 e. The number of para-hydroxylation sites is 1. The first-order valence-electron chi connectivity index (χ1n) is 4.61. The molecular formula is C11H8F3NO. The van der Waals surface area contributed by atoms with Gasteiger partial charge < -0.3 is 4.74 Å². The van der Waals surface area contributed by atoms with Gasteiger partial charge in [0.25, 0.3) is 6.36 Å². The molecule has 0 amide bonds. The molecule has 0 aliphatic heterocycles. The average Bonchev–Trinajstić information content (AvgIpc) is 2.28. The van der Waals surface area contributed by atoms with Gasteiger partial charge in [0.05, 0.1) is 5.52 Å². The maximum Gasteiger partial charge on any atom is 0.304 e. The topological polar surface area (TPSA) is 22.1 Å². The summed E-state index contributed by atoms with van der Waals surface area (Å²) < 4.78 is 40.8. The van der Waals surface area contributed by atoms with Crippen molar-refractivity contribution >= 4 is 10.9 Å². The van der Waals surface area contributed by atoms with Crippen molar-refractivity contribution in [2.24, 2.45) is 0 Å². The summed E-state index contributed by atoms with van der Waals surface area (Å²) in [4.78, 5) is 3.90. The van der Waals surface area contributed by atoms with Crippen LogP contribution in [0.15, 0.2) is 36.4 Å². The molecule has 84 valence electrons. The number of hydrogen-bond donors (Lipinski definition) is 0. The van der Waals surface area contributed by atoms with Gasteiger partial charge in [-0.2, -0.15) is 4.39 Å². The lowest BCUT2D eigenvalue weighted by Crippen LogP contribution is -2.19. The highest BCUT2D eigenvalue weighted by atomic mass is 19.3. The molecule has 1 heterocycles. The van der Waals surface area contributed by atoms with Gasteiger partial charge >= 0.3 is 6.43 Å². The van der Waals surface area contributed by atoms with Crippen LogP contribution in [0.5, 0.6) is 5.88 Å². The third-order valence-electron chi connectivity index (χ3n) is 2.00. The highest BCUT2D eigenvalue weighted by molar-refractivity contribution is 5.78. The number of alkyl halides is 3. The van der Waals surface area contributed by atoms with Gasteiger partial charge in [0.1, 0.15) is 0 Å². The third kappa shape index (κ3) is 2.24. The zero-order valence-electron chi connectivity index (χ0n) is 8.11. The van der Waals surface area contributed by atoms with E-state index in [2.05, 4.69) is 9.72 Å².